The van der Waals surface area contributed by atoms with Crippen LogP contribution in [0.4, 0.5) is 0 Å². The second-order valence-corrected chi connectivity index (χ2v) is 6.45. The molecule has 0 aliphatic heterocycles. The lowest BCUT2D eigenvalue weighted by Crippen LogP contribution is -2.06. The Balaban J connectivity index is 1.66. The number of hydrogen-bond acceptors (Lipinski definition) is 5. The van der Waals surface area contributed by atoms with Gasteiger partial charge in [0.15, 0.2) is 5.65 Å². The van der Waals surface area contributed by atoms with Crippen molar-refractivity contribution in [1.29, 1.82) is 0 Å². The minimum Gasteiger partial charge on any atom is -0.488 e. The Kier molecular flexibility index (Phi) is 2.82. The van der Waals surface area contributed by atoms with E-state index in [0.717, 1.165) is 35.6 Å². The third-order valence-corrected chi connectivity index (χ3v) is 4.34. The number of rotatable bonds is 4. The van der Waals surface area contributed by atoms with Crippen LogP contribution in [0.1, 0.15) is 37.3 Å². The summed E-state index contributed by atoms with van der Waals surface area (Å²) in [5.74, 6) is 1.39. The zero-order valence-electron chi connectivity index (χ0n) is 12.3. The second-order valence-electron chi connectivity index (χ2n) is 6.11. The minimum atomic E-state index is 0.216. The summed E-state index contributed by atoms with van der Waals surface area (Å²) in [7, 11) is 0. The van der Waals surface area contributed by atoms with Crippen molar-refractivity contribution in [3.63, 3.8) is 0 Å². The Morgan fingerprint density at radius 1 is 1.17 bits per heavy atom. The highest BCUT2D eigenvalue weighted by atomic mass is 35.5. The molecule has 23 heavy (non-hydrogen) atoms. The topological polar surface area (TPSA) is 65.2 Å². The molecule has 0 spiro atoms. The standard InChI is InChI=1S/C16H14ClN5O/c17-16-18-6-5-11(20-16)12-8-19-14-7-13(23-10-3-4-10)15(9-1-2-9)21-22(12)14/h5-10H,1-4H2. The summed E-state index contributed by atoms with van der Waals surface area (Å²) >= 11 is 5.90. The number of imidazole rings is 1. The van der Waals surface area contributed by atoms with Crippen LogP contribution in [-0.4, -0.2) is 30.7 Å². The number of halogens is 1. The van der Waals surface area contributed by atoms with Crippen molar-refractivity contribution in [2.45, 2.75) is 37.7 Å². The maximum absolute atomic E-state index is 6.04. The SMILES string of the molecule is Clc1nccc(-c2cnc3cc(OC4CC4)c(C4CC4)nn23)n1. The number of hydrogen-bond donors (Lipinski definition) is 0. The van der Waals surface area contributed by atoms with Gasteiger partial charge in [0.2, 0.25) is 5.28 Å². The van der Waals surface area contributed by atoms with Crippen molar-refractivity contribution < 1.29 is 4.74 Å². The quantitative estimate of drug-likeness (QED) is 0.688. The van der Waals surface area contributed by atoms with Gasteiger partial charge in [0, 0.05) is 18.2 Å². The van der Waals surface area contributed by atoms with E-state index in [-0.39, 0.29) is 5.28 Å². The van der Waals surface area contributed by atoms with Gasteiger partial charge in [-0.2, -0.15) is 5.10 Å². The fraction of sp³-hybridized carbons (Fsp3) is 0.375. The van der Waals surface area contributed by atoms with E-state index in [1.165, 1.54) is 12.8 Å². The third-order valence-electron chi connectivity index (χ3n) is 4.16. The lowest BCUT2D eigenvalue weighted by atomic mass is 10.2. The van der Waals surface area contributed by atoms with Crippen LogP contribution in [0, 0.1) is 0 Å². The number of ether oxygens (including phenoxy) is 1. The van der Waals surface area contributed by atoms with E-state index in [1.807, 2.05) is 16.6 Å². The van der Waals surface area contributed by atoms with Crippen molar-refractivity contribution >= 4 is 17.2 Å². The van der Waals surface area contributed by atoms with Crippen LogP contribution in [0.5, 0.6) is 5.75 Å². The van der Waals surface area contributed by atoms with Crippen molar-refractivity contribution in [2.24, 2.45) is 0 Å². The zero-order valence-corrected chi connectivity index (χ0v) is 13.1. The van der Waals surface area contributed by atoms with Crippen molar-refractivity contribution in [2.75, 3.05) is 0 Å². The fourth-order valence-corrected chi connectivity index (χ4v) is 2.81. The van der Waals surface area contributed by atoms with Crippen LogP contribution in [0.25, 0.3) is 17.0 Å². The van der Waals surface area contributed by atoms with E-state index in [0.29, 0.717) is 17.7 Å². The molecule has 6 nitrogen and oxygen atoms in total. The average Bonchev–Trinajstić information content (AvgIpc) is 3.46. The van der Waals surface area contributed by atoms with Gasteiger partial charge >= 0.3 is 0 Å². The first-order chi connectivity index (χ1) is 11.3. The van der Waals surface area contributed by atoms with Gasteiger partial charge in [-0.05, 0) is 43.4 Å². The van der Waals surface area contributed by atoms with Crippen LogP contribution in [0.2, 0.25) is 5.28 Å². The van der Waals surface area contributed by atoms with Crippen LogP contribution >= 0.6 is 11.6 Å². The van der Waals surface area contributed by atoms with E-state index in [9.17, 15) is 0 Å². The average molecular weight is 328 g/mol. The molecule has 0 unspecified atom stereocenters. The van der Waals surface area contributed by atoms with E-state index >= 15 is 0 Å². The molecular weight excluding hydrogens is 314 g/mol. The monoisotopic (exact) mass is 327 g/mol. The predicted molar refractivity (Wildman–Crippen MR) is 84.6 cm³/mol. The summed E-state index contributed by atoms with van der Waals surface area (Å²) in [5.41, 5.74) is 3.31. The molecule has 3 aromatic heterocycles. The predicted octanol–water partition coefficient (Wildman–Crippen LogP) is 3.26. The molecule has 7 heteroatoms. The highest BCUT2D eigenvalue weighted by Gasteiger charge is 2.32. The molecular formula is C16H14ClN5O. The molecule has 3 aromatic rings. The molecule has 0 amide bonds. The summed E-state index contributed by atoms with van der Waals surface area (Å²) in [6.07, 6.45) is 8.36. The first-order valence-electron chi connectivity index (χ1n) is 7.82. The van der Waals surface area contributed by atoms with E-state index in [2.05, 4.69) is 15.0 Å². The van der Waals surface area contributed by atoms with Crippen molar-refractivity contribution in [3.05, 3.63) is 35.5 Å². The molecule has 2 fully saturated rings. The Morgan fingerprint density at radius 3 is 2.78 bits per heavy atom. The smallest absolute Gasteiger partial charge is 0.222 e. The molecule has 2 aliphatic carbocycles. The Hall–Kier alpha value is -2.21. The molecule has 116 valence electrons. The highest BCUT2D eigenvalue weighted by molar-refractivity contribution is 6.28. The van der Waals surface area contributed by atoms with Gasteiger partial charge in [-0.3, -0.25) is 0 Å². The normalized spacial score (nSPS) is 17.6. The maximum Gasteiger partial charge on any atom is 0.222 e. The second kappa shape index (κ2) is 4.89. The van der Waals surface area contributed by atoms with E-state index in [1.54, 1.807) is 12.4 Å². The molecule has 0 atom stereocenters. The highest BCUT2D eigenvalue weighted by Crippen LogP contribution is 2.44. The molecule has 0 radical (unpaired) electrons. The van der Waals surface area contributed by atoms with Gasteiger partial charge in [-0.15, -0.1) is 0 Å². The van der Waals surface area contributed by atoms with E-state index < -0.39 is 0 Å². The molecule has 0 saturated heterocycles. The van der Waals surface area contributed by atoms with Crippen LogP contribution in [0.15, 0.2) is 24.5 Å². The third kappa shape index (κ3) is 2.43. The largest absolute Gasteiger partial charge is 0.488 e. The van der Waals surface area contributed by atoms with Crippen LogP contribution in [-0.2, 0) is 0 Å². The Bertz CT molecular complexity index is 901. The summed E-state index contributed by atoms with van der Waals surface area (Å²) in [5, 5.41) is 5.03. The molecule has 2 aliphatic rings. The number of fused-ring (bicyclic) bond motifs is 1. The summed E-state index contributed by atoms with van der Waals surface area (Å²) in [6, 6.07) is 3.80. The van der Waals surface area contributed by atoms with Gasteiger partial charge in [-0.25, -0.2) is 19.5 Å². The molecule has 3 heterocycles. The first-order valence-corrected chi connectivity index (χ1v) is 8.20. The fourth-order valence-electron chi connectivity index (χ4n) is 2.66. The lowest BCUT2D eigenvalue weighted by Gasteiger charge is -2.10. The van der Waals surface area contributed by atoms with Crippen LogP contribution in [0.3, 0.4) is 0 Å². The van der Waals surface area contributed by atoms with E-state index in [4.69, 9.17) is 21.4 Å². The van der Waals surface area contributed by atoms with Gasteiger partial charge in [0.05, 0.1) is 18.0 Å². The number of nitrogens with zero attached hydrogens (tertiary/aromatic N) is 5. The summed E-state index contributed by atoms with van der Waals surface area (Å²) < 4.78 is 7.86. The minimum absolute atomic E-state index is 0.216. The maximum atomic E-state index is 6.04. The molecule has 5 rings (SSSR count). The Morgan fingerprint density at radius 2 is 2.04 bits per heavy atom. The first kappa shape index (κ1) is 13.2. The van der Waals surface area contributed by atoms with Gasteiger partial charge in [0.25, 0.3) is 0 Å². The zero-order chi connectivity index (χ0) is 15.4. The summed E-state index contributed by atoms with van der Waals surface area (Å²) in [4.78, 5) is 12.6. The molecule has 0 aromatic carbocycles. The summed E-state index contributed by atoms with van der Waals surface area (Å²) in [6.45, 7) is 0. The molecule has 0 N–H and O–H groups in total. The van der Waals surface area contributed by atoms with Crippen LogP contribution < -0.4 is 4.74 Å². The number of aromatic nitrogens is 5. The van der Waals surface area contributed by atoms with Crippen molar-refractivity contribution in [3.8, 4) is 17.1 Å². The van der Waals surface area contributed by atoms with Gasteiger partial charge in [0.1, 0.15) is 17.1 Å². The molecule has 0 bridgehead atoms. The van der Waals surface area contributed by atoms with Gasteiger partial charge in [-0.1, -0.05) is 0 Å². The van der Waals surface area contributed by atoms with Gasteiger partial charge < -0.3 is 4.74 Å². The molecule has 2 saturated carbocycles. The van der Waals surface area contributed by atoms with Crippen molar-refractivity contribution in [1.82, 2.24) is 24.6 Å². The lowest BCUT2D eigenvalue weighted by molar-refractivity contribution is 0.297. The Labute approximate surface area is 137 Å².